The molecule has 172 valence electrons. The van der Waals surface area contributed by atoms with Gasteiger partial charge in [0, 0.05) is 19.5 Å². The minimum absolute atomic E-state index is 0.102. The summed E-state index contributed by atoms with van der Waals surface area (Å²) in [6.45, 7) is 3.24. The van der Waals surface area contributed by atoms with Crippen LogP contribution in [0.4, 0.5) is 4.79 Å². The van der Waals surface area contributed by atoms with Gasteiger partial charge in [0.15, 0.2) is 0 Å². The largest absolute Gasteiger partial charge is 0.445 e. The number of ether oxygens (including phenoxy) is 1. The molecule has 2 amide bonds. The van der Waals surface area contributed by atoms with Gasteiger partial charge in [0.2, 0.25) is 5.91 Å². The van der Waals surface area contributed by atoms with E-state index in [1.165, 1.54) is 21.2 Å². The topological polar surface area (TPSA) is 70.1 Å². The molecule has 0 spiro atoms. The summed E-state index contributed by atoms with van der Waals surface area (Å²) in [5.74, 6) is -0.147. The number of hydrogen-bond donors (Lipinski definition) is 1. The predicted molar refractivity (Wildman–Crippen MR) is 128 cm³/mol. The van der Waals surface area contributed by atoms with E-state index < -0.39 is 18.2 Å². The maximum Gasteiger partial charge on any atom is 0.410 e. The summed E-state index contributed by atoms with van der Waals surface area (Å²) < 4.78 is 5.44. The number of nitrogens with zero attached hydrogens (tertiary/aromatic N) is 2. The zero-order valence-corrected chi connectivity index (χ0v) is 18.9. The van der Waals surface area contributed by atoms with Crippen LogP contribution in [0.15, 0.2) is 72.8 Å². The Labute approximate surface area is 194 Å². The van der Waals surface area contributed by atoms with Gasteiger partial charge in [-0.2, -0.15) is 0 Å². The first-order chi connectivity index (χ1) is 16.1. The minimum Gasteiger partial charge on any atom is -0.445 e. The highest BCUT2D eigenvalue weighted by molar-refractivity contribution is 5.87. The predicted octanol–water partition coefficient (Wildman–Crippen LogP) is 4.00. The number of fused-ring (bicyclic) bond motifs is 1. The first-order valence-corrected chi connectivity index (χ1v) is 11.5. The number of likely N-dealkylation sites (N-methyl/N-ethyl adjacent to an activating group) is 1. The molecule has 3 aromatic rings. The number of aliphatic hydroxyl groups is 1. The average molecular weight is 447 g/mol. The molecule has 1 aliphatic rings. The standard InChI is InChI=1S/C27H30N2O4/c1-2-28(16-15-22-13-8-12-21-11-6-7-14-24(21)22)26(31)25-17-23(30)18-29(25)27(32)33-19-20-9-4-3-5-10-20/h3-14,23,25,30H,2,15-19H2,1H3/t23?,25-/m0/s1. The monoisotopic (exact) mass is 446 g/mol. The third kappa shape index (κ3) is 5.34. The number of likely N-dealkylation sites (tertiary alicyclic amines) is 1. The molecule has 1 saturated heterocycles. The summed E-state index contributed by atoms with van der Waals surface area (Å²) in [6, 6.07) is 23.1. The van der Waals surface area contributed by atoms with Gasteiger partial charge in [-0.25, -0.2) is 4.79 Å². The molecule has 4 rings (SSSR count). The second kappa shape index (κ2) is 10.5. The van der Waals surface area contributed by atoms with Crippen molar-refractivity contribution in [3.05, 3.63) is 83.9 Å². The molecule has 1 unspecified atom stereocenters. The van der Waals surface area contributed by atoms with Crippen LogP contribution >= 0.6 is 0 Å². The fourth-order valence-corrected chi connectivity index (χ4v) is 4.45. The molecule has 0 bridgehead atoms. The van der Waals surface area contributed by atoms with Crippen LogP contribution in [-0.2, 0) is 22.6 Å². The molecule has 6 nitrogen and oxygen atoms in total. The molecule has 0 aromatic heterocycles. The third-order valence-corrected chi connectivity index (χ3v) is 6.23. The van der Waals surface area contributed by atoms with Crippen LogP contribution in [0.25, 0.3) is 10.8 Å². The molecule has 0 aliphatic carbocycles. The van der Waals surface area contributed by atoms with E-state index in [1.54, 1.807) is 4.90 Å². The van der Waals surface area contributed by atoms with Crippen molar-refractivity contribution in [2.75, 3.05) is 19.6 Å². The first-order valence-electron chi connectivity index (χ1n) is 11.5. The van der Waals surface area contributed by atoms with Crippen molar-refractivity contribution in [2.24, 2.45) is 0 Å². The molecule has 1 fully saturated rings. The summed E-state index contributed by atoms with van der Waals surface area (Å²) in [6.07, 6.45) is -0.363. The maximum absolute atomic E-state index is 13.4. The SMILES string of the molecule is CCN(CCc1cccc2ccccc12)C(=O)[C@@H]1CC(O)CN1C(=O)OCc1ccccc1. The van der Waals surface area contributed by atoms with Crippen molar-refractivity contribution in [1.82, 2.24) is 9.80 Å². The lowest BCUT2D eigenvalue weighted by Crippen LogP contribution is -2.48. The molecule has 6 heteroatoms. The molecule has 0 saturated carbocycles. The first kappa shape index (κ1) is 22.8. The quantitative estimate of drug-likeness (QED) is 0.596. The molecule has 1 aliphatic heterocycles. The summed E-state index contributed by atoms with van der Waals surface area (Å²) in [4.78, 5) is 29.2. The number of hydrogen-bond acceptors (Lipinski definition) is 4. The molecular weight excluding hydrogens is 416 g/mol. The van der Waals surface area contributed by atoms with E-state index >= 15 is 0 Å². The minimum atomic E-state index is -0.736. The van der Waals surface area contributed by atoms with Gasteiger partial charge in [-0.3, -0.25) is 9.69 Å². The van der Waals surface area contributed by atoms with Crippen LogP contribution in [0, 0.1) is 0 Å². The molecule has 1 heterocycles. The lowest BCUT2D eigenvalue weighted by Gasteiger charge is -2.29. The fourth-order valence-electron chi connectivity index (χ4n) is 4.45. The van der Waals surface area contributed by atoms with Gasteiger partial charge in [0.1, 0.15) is 12.6 Å². The molecule has 33 heavy (non-hydrogen) atoms. The zero-order chi connectivity index (χ0) is 23.2. The Hall–Kier alpha value is -3.38. The average Bonchev–Trinajstić information content (AvgIpc) is 3.25. The van der Waals surface area contributed by atoms with Crippen LogP contribution in [0.5, 0.6) is 0 Å². The molecule has 2 atom stereocenters. The molecule has 1 N–H and O–H groups in total. The van der Waals surface area contributed by atoms with E-state index in [-0.39, 0.29) is 25.5 Å². The van der Waals surface area contributed by atoms with Gasteiger partial charge in [-0.05, 0) is 35.2 Å². The Morgan fingerprint density at radius 1 is 1.03 bits per heavy atom. The number of rotatable bonds is 7. The van der Waals surface area contributed by atoms with Gasteiger partial charge in [0.05, 0.1) is 12.6 Å². The van der Waals surface area contributed by atoms with Crippen LogP contribution in [0.3, 0.4) is 0 Å². The number of amides is 2. The van der Waals surface area contributed by atoms with Crippen LogP contribution in [0.1, 0.15) is 24.5 Å². The van der Waals surface area contributed by atoms with Crippen LogP contribution < -0.4 is 0 Å². The van der Waals surface area contributed by atoms with E-state index in [1.807, 2.05) is 55.5 Å². The number of β-amino-alcohol motifs (C(OH)–C–C–N with tert-alkyl or cyclic N) is 1. The van der Waals surface area contributed by atoms with Crippen molar-refractivity contribution >= 4 is 22.8 Å². The Morgan fingerprint density at radius 2 is 1.76 bits per heavy atom. The van der Waals surface area contributed by atoms with Crippen LogP contribution in [-0.4, -0.2) is 58.7 Å². The summed E-state index contributed by atoms with van der Waals surface area (Å²) in [7, 11) is 0. The lowest BCUT2D eigenvalue weighted by atomic mass is 10.0. The van der Waals surface area contributed by atoms with E-state index in [2.05, 4.69) is 24.3 Å². The molecular formula is C27H30N2O4. The van der Waals surface area contributed by atoms with Gasteiger partial charge < -0.3 is 14.7 Å². The van der Waals surface area contributed by atoms with E-state index in [9.17, 15) is 14.7 Å². The van der Waals surface area contributed by atoms with Gasteiger partial charge in [0.25, 0.3) is 0 Å². The number of carbonyl (C=O) groups is 2. The Balaban J connectivity index is 1.41. The third-order valence-electron chi connectivity index (χ3n) is 6.23. The normalized spacial score (nSPS) is 17.8. The highest BCUT2D eigenvalue weighted by Gasteiger charge is 2.41. The van der Waals surface area contributed by atoms with Crippen molar-refractivity contribution in [1.29, 1.82) is 0 Å². The molecule has 0 radical (unpaired) electrons. The molecule has 3 aromatic carbocycles. The summed E-state index contributed by atoms with van der Waals surface area (Å²) >= 11 is 0. The Morgan fingerprint density at radius 3 is 2.55 bits per heavy atom. The van der Waals surface area contributed by atoms with Crippen molar-refractivity contribution in [2.45, 2.75) is 38.5 Å². The summed E-state index contributed by atoms with van der Waals surface area (Å²) in [5.41, 5.74) is 2.06. The zero-order valence-electron chi connectivity index (χ0n) is 18.9. The van der Waals surface area contributed by atoms with Crippen molar-refractivity contribution in [3.63, 3.8) is 0 Å². The number of benzene rings is 3. The fraction of sp³-hybridized carbons (Fsp3) is 0.333. The van der Waals surface area contributed by atoms with E-state index in [4.69, 9.17) is 4.74 Å². The maximum atomic E-state index is 13.4. The van der Waals surface area contributed by atoms with Gasteiger partial charge in [-0.15, -0.1) is 0 Å². The van der Waals surface area contributed by atoms with Crippen molar-refractivity contribution < 1.29 is 19.4 Å². The van der Waals surface area contributed by atoms with E-state index in [0.29, 0.717) is 19.5 Å². The van der Waals surface area contributed by atoms with Crippen LogP contribution in [0.2, 0.25) is 0 Å². The highest BCUT2D eigenvalue weighted by atomic mass is 16.6. The Kier molecular flexibility index (Phi) is 7.25. The second-order valence-corrected chi connectivity index (χ2v) is 8.40. The Bertz CT molecular complexity index is 1100. The smallest absolute Gasteiger partial charge is 0.410 e. The van der Waals surface area contributed by atoms with Crippen molar-refractivity contribution in [3.8, 4) is 0 Å². The number of aliphatic hydroxyl groups excluding tert-OH is 1. The van der Waals surface area contributed by atoms with Gasteiger partial charge in [-0.1, -0.05) is 72.8 Å². The van der Waals surface area contributed by atoms with Gasteiger partial charge >= 0.3 is 6.09 Å². The second-order valence-electron chi connectivity index (χ2n) is 8.40. The lowest BCUT2D eigenvalue weighted by molar-refractivity contribution is -0.135. The number of carbonyl (C=O) groups excluding carboxylic acids is 2. The highest BCUT2D eigenvalue weighted by Crippen LogP contribution is 2.23. The van der Waals surface area contributed by atoms with E-state index in [0.717, 1.165) is 5.56 Å². The summed E-state index contributed by atoms with van der Waals surface area (Å²) in [5, 5.41) is 12.6.